The van der Waals surface area contributed by atoms with Gasteiger partial charge in [-0.05, 0) is 24.5 Å². The summed E-state index contributed by atoms with van der Waals surface area (Å²) in [6.07, 6.45) is 5.01. The normalized spacial score (nSPS) is 22.6. The van der Waals surface area contributed by atoms with Crippen molar-refractivity contribution in [2.45, 2.75) is 31.8 Å². The molecule has 0 aliphatic carbocycles. The summed E-state index contributed by atoms with van der Waals surface area (Å²) in [5, 5.41) is 4.80. The minimum absolute atomic E-state index is 0.104. The number of hydrogen-bond donors (Lipinski definition) is 2. The van der Waals surface area contributed by atoms with Gasteiger partial charge in [-0.15, -0.1) is 0 Å². The molecule has 0 bridgehead atoms. The van der Waals surface area contributed by atoms with Crippen molar-refractivity contribution in [1.29, 1.82) is 0 Å². The van der Waals surface area contributed by atoms with Gasteiger partial charge in [0.25, 0.3) is 0 Å². The zero-order chi connectivity index (χ0) is 17.6. The van der Waals surface area contributed by atoms with Gasteiger partial charge in [0.15, 0.2) is 0 Å². The number of imide groups is 1. The van der Waals surface area contributed by atoms with Crippen molar-refractivity contribution in [2.75, 3.05) is 26.2 Å². The number of hydrogen-bond acceptors (Lipinski definition) is 5. The Labute approximate surface area is 146 Å². The van der Waals surface area contributed by atoms with Gasteiger partial charge in [-0.1, -0.05) is 6.07 Å². The molecule has 0 radical (unpaired) electrons. The van der Waals surface area contributed by atoms with Crippen molar-refractivity contribution in [2.24, 2.45) is 0 Å². The fraction of sp³-hybridized carbons (Fsp3) is 0.529. The van der Waals surface area contributed by atoms with Gasteiger partial charge < -0.3 is 10.2 Å². The van der Waals surface area contributed by atoms with Crippen LogP contribution in [0.2, 0.25) is 0 Å². The molecule has 2 aliphatic heterocycles. The number of carbonyl (C=O) groups is 3. The van der Waals surface area contributed by atoms with Gasteiger partial charge in [0.1, 0.15) is 6.04 Å². The maximum atomic E-state index is 12.7. The van der Waals surface area contributed by atoms with Crippen LogP contribution in [0.15, 0.2) is 24.5 Å². The Bertz CT molecular complexity index is 636. The summed E-state index contributed by atoms with van der Waals surface area (Å²) in [7, 11) is 0. The maximum absolute atomic E-state index is 12.7. The summed E-state index contributed by atoms with van der Waals surface area (Å²) in [4.78, 5) is 43.9. The predicted octanol–water partition coefficient (Wildman–Crippen LogP) is 0.104. The molecule has 2 N–H and O–H groups in total. The molecule has 1 aromatic rings. The molecule has 1 atom stereocenters. The molecular formula is C17H23N5O3. The van der Waals surface area contributed by atoms with E-state index >= 15 is 0 Å². The fourth-order valence-electron chi connectivity index (χ4n) is 3.24. The van der Waals surface area contributed by atoms with Crippen molar-refractivity contribution < 1.29 is 14.4 Å². The van der Waals surface area contributed by atoms with Crippen molar-refractivity contribution in [3.63, 3.8) is 0 Å². The van der Waals surface area contributed by atoms with E-state index in [0.29, 0.717) is 19.5 Å². The van der Waals surface area contributed by atoms with Crippen LogP contribution in [-0.4, -0.2) is 64.9 Å². The summed E-state index contributed by atoms with van der Waals surface area (Å²) in [6, 6.07) is 2.75. The Morgan fingerprint density at radius 2 is 2.12 bits per heavy atom. The minimum atomic E-state index is -0.628. The van der Waals surface area contributed by atoms with Gasteiger partial charge >= 0.3 is 6.03 Å². The van der Waals surface area contributed by atoms with Crippen molar-refractivity contribution in [3.8, 4) is 0 Å². The smallest absolute Gasteiger partial charge is 0.322 e. The van der Waals surface area contributed by atoms with Gasteiger partial charge in [-0.2, -0.15) is 0 Å². The number of nitrogens with one attached hydrogen (secondary N) is 2. The summed E-state index contributed by atoms with van der Waals surface area (Å²) in [5.74, 6) is -0.445. The average molecular weight is 345 g/mol. The summed E-state index contributed by atoms with van der Waals surface area (Å²) in [6.45, 7) is 3.78. The molecule has 4 amide bonds. The molecule has 2 saturated heterocycles. The number of urea groups is 1. The van der Waals surface area contributed by atoms with Crippen LogP contribution in [0, 0.1) is 0 Å². The predicted molar refractivity (Wildman–Crippen MR) is 90.4 cm³/mol. The number of amides is 4. The highest BCUT2D eigenvalue weighted by Gasteiger charge is 2.30. The highest BCUT2D eigenvalue weighted by Crippen LogP contribution is 2.11. The first-order valence-electron chi connectivity index (χ1n) is 8.62. The second kappa shape index (κ2) is 8.06. The average Bonchev–Trinajstić information content (AvgIpc) is 2.93. The van der Waals surface area contributed by atoms with Gasteiger partial charge in [-0.25, -0.2) is 4.79 Å². The lowest BCUT2D eigenvalue weighted by atomic mass is 10.1. The van der Waals surface area contributed by atoms with E-state index < -0.39 is 12.1 Å². The highest BCUT2D eigenvalue weighted by atomic mass is 16.2. The molecule has 2 fully saturated rings. The van der Waals surface area contributed by atoms with Gasteiger partial charge in [0.2, 0.25) is 11.8 Å². The number of rotatable bonds is 3. The van der Waals surface area contributed by atoms with Crippen molar-refractivity contribution in [3.05, 3.63) is 30.1 Å². The third kappa shape index (κ3) is 4.76. The quantitative estimate of drug-likeness (QED) is 0.810. The lowest BCUT2D eigenvalue weighted by Gasteiger charge is -2.26. The molecule has 0 aromatic carbocycles. The van der Waals surface area contributed by atoms with Crippen LogP contribution in [-0.2, 0) is 16.1 Å². The Morgan fingerprint density at radius 1 is 1.24 bits per heavy atom. The third-order valence-corrected chi connectivity index (χ3v) is 4.55. The summed E-state index contributed by atoms with van der Waals surface area (Å²) in [5.41, 5.74) is 1.16. The van der Waals surface area contributed by atoms with E-state index in [4.69, 9.17) is 0 Å². The SMILES string of the molecule is O=C1CC[C@@H](C(=O)N2CCCN(Cc3cccnc3)CC2)NC(=O)N1. The maximum Gasteiger partial charge on any atom is 0.322 e. The molecular weight excluding hydrogens is 322 g/mol. The second-order valence-corrected chi connectivity index (χ2v) is 6.43. The molecule has 8 nitrogen and oxygen atoms in total. The fourth-order valence-corrected chi connectivity index (χ4v) is 3.24. The molecule has 0 unspecified atom stereocenters. The number of carbonyl (C=O) groups excluding carboxylic acids is 3. The molecule has 2 aliphatic rings. The van der Waals surface area contributed by atoms with Gasteiger partial charge in [-0.3, -0.25) is 24.8 Å². The van der Waals surface area contributed by atoms with Crippen LogP contribution in [0.4, 0.5) is 4.79 Å². The standard InChI is InChI=1S/C17H23N5O3/c23-15-5-4-14(19-17(25)20-15)16(24)22-8-2-7-21(9-10-22)12-13-3-1-6-18-11-13/h1,3,6,11,14H,2,4-5,7-10,12H2,(H2,19,20,23,25)/t14-/m0/s1. The Morgan fingerprint density at radius 3 is 2.92 bits per heavy atom. The Hall–Kier alpha value is -2.48. The molecule has 3 rings (SSSR count). The van der Waals surface area contributed by atoms with E-state index in [1.807, 2.05) is 18.3 Å². The van der Waals surface area contributed by atoms with Gasteiger partial charge in [0.05, 0.1) is 0 Å². The van der Waals surface area contributed by atoms with Crippen LogP contribution >= 0.6 is 0 Å². The number of aromatic nitrogens is 1. The first-order valence-corrected chi connectivity index (χ1v) is 8.62. The first-order chi connectivity index (χ1) is 12.1. The van der Waals surface area contributed by atoms with Crippen LogP contribution in [0.1, 0.15) is 24.8 Å². The topological polar surface area (TPSA) is 94.6 Å². The molecule has 1 aromatic heterocycles. The lowest BCUT2D eigenvalue weighted by Crippen LogP contribution is -2.50. The van der Waals surface area contributed by atoms with Gasteiger partial charge in [0, 0.05) is 51.5 Å². The first kappa shape index (κ1) is 17.3. The van der Waals surface area contributed by atoms with Crippen LogP contribution < -0.4 is 10.6 Å². The minimum Gasteiger partial charge on any atom is -0.340 e. The largest absolute Gasteiger partial charge is 0.340 e. The summed E-state index contributed by atoms with van der Waals surface area (Å²) >= 11 is 0. The highest BCUT2D eigenvalue weighted by molar-refractivity contribution is 5.98. The summed E-state index contributed by atoms with van der Waals surface area (Å²) < 4.78 is 0. The van der Waals surface area contributed by atoms with Crippen LogP contribution in [0.5, 0.6) is 0 Å². The molecule has 134 valence electrons. The van der Waals surface area contributed by atoms with Crippen LogP contribution in [0.3, 0.4) is 0 Å². The number of pyridine rings is 1. The van der Waals surface area contributed by atoms with Crippen molar-refractivity contribution in [1.82, 2.24) is 25.4 Å². The van der Waals surface area contributed by atoms with Crippen molar-refractivity contribution >= 4 is 17.8 Å². The molecule has 8 heteroatoms. The zero-order valence-electron chi connectivity index (χ0n) is 14.1. The molecule has 0 spiro atoms. The number of nitrogens with zero attached hydrogens (tertiary/aromatic N) is 3. The van der Waals surface area contributed by atoms with E-state index in [2.05, 4.69) is 20.5 Å². The third-order valence-electron chi connectivity index (χ3n) is 4.55. The molecule has 0 saturated carbocycles. The van der Waals surface area contributed by atoms with E-state index in [9.17, 15) is 14.4 Å². The van der Waals surface area contributed by atoms with E-state index in [-0.39, 0.29) is 18.2 Å². The zero-order valence-corrected chi connectivity index (χ0v) is 14.1. The monoisotopic (exact) mass is 345 g/mol. The Balaban J connectivity index is 1.56. The Kier molecular flexibility index (Phi) is 5.60. The molecule has 25 heavy (non-hydrogen) atoms. The van der Waals surface area contributed by atoms with Crippen LogP contribution in [0.25, 0.3) is 0 Å². The van der Waals surface area contributed by atoms with E-state index in [1.165, 1.54) is 0 Å². The van der Waals surface area contributed by atoms with E-state index in [1.54, 1.807) is 11.1 Å². The lowest BCUT2D eigenvalue weighted by molar-refractivity contribution is -0.133. The second-order valence-electron chi connectivity index (χ2n) is 6.43. The molecule has 3 heterocycles. The van der Waals surface area contributed by atoms with E-state index in [0.717, 1.165) is 31.6 Å².